The maximum absolute atomic E-state index is 11.9. The number of rotatable bonds is 3. The van der Waals surface area contributed by atoms with Crippen molar-refractivity contribution in [2.75, 3.05) is 0 Å². The Labute approximate surface area is 91.9 Å². The summed E-state index contributed by atoms with van der Waals surface area (Å²) >= 11 is 0. The van der Waals surface area contributed by atoms with Gasteiger partial charge in [-0.15, -0.1) is 0 Å². The highest BCUT2D eigenvalue weighted by Gasteiger charge is 2.38. The van der Waals surface area contributed by atoms with Crippen molar-refractivity contribution in [1.29, 1.82) is 0 Å². The van der Waals surface area contributed by atoms with E-state index in [9.17, 15) is 9.59 Å². The zero-order valence-electron chi connectivity index (χ0n) is 10.5. The van der Waals surface area contributed by atoms with Gasteiger partial charge < -0.3 is 5.11 Å². The Balaban J connectivity index is 4.82. The molecule has 0 spiro atoms. The Bertz CT molecular complexity index is 253. The van der Waals surface area contributed by atoms with Crippen LogP contribution in [0.3, 0.4) is 0 Å². The summed E-state index contributed by atoms with van der Waals surface area (Å²) in [5.74, 6) is -2.10. The molecule has 0 rings (SSSR count). The van der Waals surface area contributed by atoms with Crippen molar-refractivity contribution < 1.29 is 14.7 Å². The van der Waals surface area contributed by atoms with E-state index in [2.05, 4.69) is 0 Å². The smallest absolute Gasteiger partial charge is 0.314 e. The predicted molar refractivity (Wildman–Crippen MR) is 59.7 cm³/mol. The van der Waals surface area contributed by atoms with E-state index in [1.54, 1.807) is 20.8 Å². The van der Waals surface area contributed by atoms with Crippen molar-refractivity contribution in [3.05, 3.63) is 0 Å². The minimum absolute atomic E-state index is 0.157. The number of carboxylic acid groups (broad SMARTS) is 1. The molecule has 88 valence electrons. The Hall–Kier alpha value is -0.860. The molecule has 0 aromatic carbocycles. The quantitative estimate of drug-likeness (QED) is 0.735. The van der Waals surface area contributed by atoms with Gasteiger partial charge in [0.15, 0.2) is 0 Å². The van der Waals surface area contributed by atoms with E-state index < -0.39 is 17.3 Å². The molecule has 0 amide bonds. The molecule has 3 heteroatoms. The number of carboxylic acids is 1. The van der Waals surface area contributed by atoms with E-state index in [-0.39, 0.29) is 11.2 Å². The summed E-state index contributed by atoms with van der Waals surface area (Å²) in [5.41, 5.74) is -0.676. The van der Waals surface area contributed by atoms with Crippen LogP contribution in [0.15, 0.2) is 0 Å². The van der Waals surface area contributed by atoms with Gasteiger partial charge in [0.05, 0.1) is 0 Å². The van der Waals surface area contributed by atoms with Gasteiger partial charge in [-0.05, 0) is 10.8 Å². The molecule has 0 bridgehead atoms. The number of hydrogen-bond donors (Lipinski definition) is 1. The molecule has 1 atom stereocenters. The van der Waals surface area contributed by atoms with Gasteiger partial charge in [-0.3, -0.25) is 9.59 Å². The number of aliphatic carboxylic acids is 1. The van der Waals surface area contributed by atoms with Gasteiger partial charge in [-0.2, -0.15) is 0 Å². The first kappa shape index (κ1) is 14.1. The van der Waals surface area contributed by atoms with Crippen LogP contribution in [0.25, 0.3) is 0 Å². The molecule has 0 saturated carbocycles. The predicted octanol–water partition coefficient (Wildman–Crippen LogP) is 2.74. The summed E-state index contributed by atoms with van der Waals surface area (Å²) in [6.07, 6.45) is 0.307. The van der Waals surface area contributed by atoms with Gasteiger partial charge in [0.1, 0.15) is 11.7 Å². The van der Waals surface area contributed by atoms with Crippen LogP contribution in [0.5, 0.6) is 0 Å². The molecule has 0 aromatic heterocycles. The van der Waals surface area contributed by atoms with E-state index in [0.717, 1.165) is 0 Å². The minimum atomic E-state index is -1.02. The van der Waals surface area contributed by atoms with E-state index in [0.29, 0.717) is 6.42 Å². The van der Waals surface area contributed by atoms with Crippen LogP contribution in [0.1, 0.15) is 48.0 Å². The zero-order valence-corrected chi connectivity index (χ0v) is 10.5. The first-order valence-electron chi connectivity index (χ1n) is 5.20. The number of ketones is 1. The van der Waals surface area contributed by atoms with Crippen LogP contribution in [-0.4, -0.2) is 16.9 Å². The summed E-state index contributed by atoms with van der Waals surface area (Å²) in [7, 11) is 0. The van der Waals surface area contributed by atoms with E-state index in [4.69, 9.17) is 5.11 Å². The number of carbonyl (C=O) groups excluding carboxylic acids is 1. The topological polar surface area (TPSA) is 54.4 Å². The highest BCUT2D eigenvalue weighted by molar-refractivity contribution is 5.99. The standard InChI is InChI=1S/C12H22O3/c1-11(2,3)7-8(13)9(10(14)15)12(4,5)6/h9H,7H2,1-6H3,(H,14,15). The molecule has 0 fully saturated rings. The summed E-state index contributed by atoms with van der Waals surface area (Å²) in [4.78, 5) is 22.9. The summed E-state index contributed by atoms with van der Waals surface area (Å²) in [6, 6.07) is 0. The Morgan fingerprint density at radius 3 is 1.67 bits per heavy atom. The van der Waals surface area contributed by atoms with E-state index >= 15 is 0 Å². The maximum Gasteiger partial charge on any atom is 0.314 e. The van der Waals surface area contributed by atoms with Crippen LogP contribution < -0.4 is 0 Å². The van der Waals surface area contributed by atoms with Crippen molar-refractivity contribution in [1.82, 2.24) is 0 Å². The lowest BCUT2D eigenvalue weighted by molar-refractivity contribution is -0.151. The second-order valence-corrected chi connectivity index (χ2v) is 6.34. The molecule has 0 aromatic rings. The molecule has 1 N–H and O–H groups in total. The number of Topliss-reactive ketones (excluding diaryl/α,β-unsaturated/α-hetero) is 1. The molecular weight excluding hydrogens is 192 g/mol. The summed E-state index contributed by atoms with van der Waals surface area (Å²) in [6.45, 7) is 11.2. The summed E-state index contributed by atoms with van der Waals surface area (Å²) in [5, 5.41) is 9.06. The minimum Gasteiger partial charge on any atom is -0.481 e. The van der Waals surface area contributed by atoms with Gasteiger partial charge in [0, 0.05) is 6.42 Å². The van der Waals surface area contributed by atoms with Crippen LogP contribution in [-0.2, 0) is 9.59 Å². The molecule has 0 aliphatic rings. The van der Waals surface area contributed by atoms with Gasteiger partial charge in [0.25, 0.3) is 0 Å². The molecular formula is C12H22O3. The van der Waals surface area contributed by atoms with Crippen LogP contribution in [0.2, 0.25) is 0 Å². The molecule has 0 aliphatic heterocycles. The maximum atomic E-state index is 11.9. The average Bonchev–Trinajstić information content (AvgIpc) is 1.74. The van der Waals surface area contributed by atoms with Crippen molar-refractivity contribution in [3.63, 3.8) is 0 Å². The fourth-order valence-corrected chi connectivity index (χ4v) is 1.62. The van der Waals surface area contributed by atoms with Gasteiger partial charge in [-0.25, -0.2) is 0 Å². The molecule has 1 unspecified atom stereocenters. The van der Waals surface area contributed by atoms with Gasteiger partial charge in [-0.1, -0.05) is 41.5 Å². The second kappa shape index (κ2) is 4.33. The SMILES string of the molecule is CC(C)(C)CC(=O)C(C(=O)O)C(C)(C)C. The summed E-state index contributed by atoms with van der Waals surface area (Å²) < 4.78 is 0. The first-order valence-corrected chi connectivity index (χ1v) is 5.20. The fourth-order valence-electron chi connectivity index (χ4n) is 1.62. The van der Waals surface area contributed by atoms with Crippen LogP contribution >= 0.6 is 0 Å². The lowest BCUT2D eigenvalue weighted by Crippen LogP contribution is -2.37. The van der Waals surface area contributed by atoms with Crippen LogP contribution in [0, 0.1) is 16.7 Å². The third-order valence-electron chi connectivity index (χ3n) is 2.14. The normalized spacial score (nSPS) is 14.8. The molecule has 0 radical (unpaired) electrons. The lowest BCUT2D eigenvalue weighted by Gasteiger charge is -2.28. The molecule has 0 heterocycles. The van der Waals surface area contributed by atoms with Crippen molar-refractivity contribution >= 4 is 11.8 Å². The molecule has 3 nitrogen and oxygen atoms in total. The van der Waals surface area contributed by atoms with Crippen molar-refractivity contribution in [2.45, 2.75) is 48.0 Å². The zero-order chi connectivity index (χ0) is 12.4. The molecule has 0 saturated heterocycles. The van der Waals surface area contributed by atoms with Gasteiger partial charge >= 0.3 is 5.97 Å². The Morgan fingerprint density at radius 2 is 1.47 bits per heavy atom. The second-order valence-electron chi connectivity index (χ2n) is 6.34. The van der Waals surface area contributed by atoms with Crippen molar-refractivity contribution in [3.8, 4) is 0 Å². The van der Waals surface area contributed by atoms with E-state index in [1.807, 2.05) is 20.8 Å². The van der Waals surface area contributed by atoms with Crippen LogP contribution in [0.4, 0.5) is 0 Å². The fraction of sp³-hybridized carbons (Fsp3) is 0.833. The van der Waals surface area contributed by atoms with Gasteiger partial charge in [0.2, 0.25) is 0 Å². The average molecular weight is 214 g/mol. The Kier molecular flexibility index (Phi) is 4.08. The number of hydrogen-bond acceptors (Lipinski definition) is 2. The lowest BCUT2D eigenvalue weighted by atomic mass is 9.74. The largest absolute Gasteiger partial charge is 0.481 e. The monoisotopic (exact) mass is 214 g/mol. The van der Waals surface area contributed by atoms with Crippen molar-refractivity contribution in [2.24, 2.45) is 16.7 Å². The molecule has 15 heavy (non-hydrogen) atoms. The highest BCUT2D eigenvalue weighted by atomic mass is 16.4. The third-order valence-corrected chi connectivity index (χ3v) is 2.14. The van der Waals surface area contributed by atoms with E-state index in [1.165, 1.54) is 0 Å². The highest BCUT2D eigenvalue weighted by Crippen LogP contribution is 2.31. The number of carbonyl (C=O) groups is 2. The Morgan fingerprint density at radius 1 is 1.07 bits per heavy atom. The molecule has 0 aliphatic carbocycles. The first-order chi connectivity index (χ1) is 6.45. The third kappa shape index (κ3) is 4.96.